The minimum absolute atomic E-state index is 0.0518. The molecule has 0 aromatic heterocycles. The number of amides is 2. The van der Waals surface area contributed by atoms with E-state index in [2.05, 4.69) is 15.4 Å². The lowest BCUT2D eigenvalue weighted by molar-refractivity contribution is -0.113. The van der Waals surface area contributed by atoms with E-state index in [-0.39, 0.29) is 35.6 Å². The van der Waals surface area contributed by atoms with E-state index in [1.54, 1.807) is 48.5 Å². The van der Waals surface area contributed by atoms with Crippen molar-refractivity contribution in [3.8, 4) is 0 Å². The molecule has 2 amide bonds. The standard InChI is InChI=1S/C25H27N3O4S2/c1-18-7-11-20(12-8-18)28-24(29)17-33-23-6-4-3-5-22(23)25(30)26-15-16-27-34(31,32)21-13-9-19(2)10-14-21/h3-14,27H,15-17H2,1-2H3,(H,26,30)(H,28,29). The van der Waals surface area contributed by atoms with Crippen LogP contribution in [0, 0.1) is 13.8 Å². The van der Waals surface area contributed by atoms with Crippen molar-refractivity contribution in [1.29, 1.82) is 0 Å². The van der Waals surface area contributed by atoms with Crippen LogP contribution in [-0.2, 0) is 14.8 Å². The molecule has 178 valence electrons. The van der Waals surface area contributed by atoms with E-state index in [1.165, 1.54) is 11.8 Å². The summed E-state index contributed by atoms with van der Waals surface area (Å²) >= 11 is 1.26. The molecule has 0 radical (unpaired) electrons. The first-order valence-corrected chi connectivity index (χ1v) is 13.1. The maximum Gasteiger partial charge on any atom is 0.252 e. The summed E-state index contributed by atoms with van der Waals surface area (Å²) in [6.45, 7) is 4.03. The predicted octanol–water partition coefficient (Wildman–Crippen LogP) is 3.74. The Hall–Kier alpha value is -3.14. The molecule has 0 aliphatic rings. The van der Waals surface area contributed by atoms with E-state index in [0.717, 1.165) is 16.8 Å². The van der Waals surface area contributed by atoms with Crippen LogP contribution in [0.5, 0.6) is 0 Å². The van der Waals surface area contributed by atoms with Crippen molar-refractivity contribution in [2.24, 2.45) is 0 Å². The second kappa shape index (κ2) is 11.8. The number of aryl methyl sites for hydroxylation is 2. The Morgan fingerprint density at radius 2 is 1.44 bits per heavy atom. The Bertz CT molecular complexity index is 1240. The topological polar surface area (TPSA) is 104 Å². The molecule has 3 aromatic carbocycles. The van der Waals surface area contributed by atoms with Crippen molar-refractivity contribution < 1.29 is 18.0 Å². The normalized spacial score (nSPS) is 11.1. The van der Waals surface area contributed by atoms with Gasteiger partial charge in [0.25, 0.3) is 5.91 Å². The lowest BCUT2D eigenvalue weighted by Crippen LogP contribution is -2.34. The molecule has 3 rings (SSSR count). The zero-order valence-electron chi connectivity index (χ0n) is 19.0. The van der Waals surface area contributed by atoms with Crippen LogP contribution in [0.15, 0.2) is 82.6 Å². The second-order valence-corrected chi connectivity index (χ2v) is 10.4. The third-order valence-corrected chi connectivity index (χ3v) is 7.41. The number of hydrogen-bond acceptors (Lipinski definition) is 5. The molecule has 0 atom stereocenters. The van der Waals surface area contributed by atoms with Gasteiger partial charge in [-0.05, 0) is 50.2 Å². The zero-order valence-corrected chi connectivity index (χ0v) is 20.6. The van der Waals surface area contributed by atoms with Crippen LogP contribution in [0.3, 0.4) is 0 Å². The van der Waals surface area contributed by atoms with E-state index < -0.39 is 10.0 Å². The van der Waals surface area contributed by atoms with Crippen LogP contribution in [0.25, 0.3) is 0 Å². The number of hydrogen-bond donors (Lipinski definition) is 3. The summed E-state index contributed by atoms with van der Waals surface area (Å²) in [6.07, 6.45) is 0. The molecule has 9 heteroatoms. The first kappa shape index (κ1) is 25.5. The number of anilines is 1. The summed E-state index contributed by atoms with van der Waals surface area (Å²) in [7, 11) is -3.64. The Labute approximate surface area is 204 Å². The summed E-state index contributed by atoms with van der Waals surface area (Å²) in [5.74, 6) is -0.361. The fourth-order valence-corrected chi connectivity index (χ4v) is 4.90. The monoisotopic (exact) mass is 497 g/mol. The van der Waals surface area contributed by atoms with Crippen LogP contribution >= 0.6 is 11.8 Å². The molecule has 0 saturated heterocycles. The molecule has 0 aliphatic heterocycles. The van der Waals surface area contributed by atoms with Crippen LogP contribution in [0.1, 0.15) is 21.5 Å². The van der Waals surface area contributed by atoms with Gasteiger partial charge in [-0.2, -0.15) is 0 Å². The van der Waals surface area contributed by atoms with Gasteiger partial charge in [0.2, 0.25) is 15.9 Å². The van der Waals surface area contributed by atoms with Gasteiger partial charge in [-0.25, -0.2) is 13.1 Å². The molecule has 0 heterocycles. The van der Waals surface area contributed by atoms with Gasteiger partial charge in [-0.3, -0.25) is 9.59 Å². The number of rotatable bonds is 10. The Morgan fingerprint density at radius 1 is 0.824 bits per heavy atom. The number of thioether (sulfide) groups is 1. The number of nitrogens with one attached hydrogen (secondary N) is 3. The van der Waals surface area contributed by atoms with Gasteiger partial charge in [0, 0.05) is 23.7 Å². The zero-order chi connectivity index (χ0) is 24.6. The average molecular weight is 498 g/mol. The third-order valence-electron chi connectivity index (χ3n) is 4.86. The maximum atomic E-state index is 12.7. The number of sulfonamides is 1. The highest BCUT2D eigenvalue weighted by atomic mass is 32.2. The SMILES string of the molecule is Cc1ccc(NC(=O)CSc2ccccc2C(=O)NCCNS(=O)(=O)c2ccc(C)cc2)cc1. The van der Waals surface area contributed by atoms with Gasteiger partial charge in [0.1, 0.15) is 0 Å². The Kier molecular flexibility index (Phi) is 8.86. The van der Waals surface area contributed by atoms with Crippen molar-refractivity contribution in [3.05, 3.63) is 89.5 Å². The highest BCUT2D eigenvalue weighted by Crippen LogP contribution is 2.23. The Balaban J connectivity index is 1.50. The summed E-state index contributed by atoms with van der Waals surface area (Å²) < 4.78 is 27.2. The van der Waals surface area contributed by atoms with E-state index in [0.29, 0.717) is 10.5 Å². The molecule has 0 unspecified atom stereocenters. The van der Waals surface area contributed by atoms with Crippen LogP contribution < -0.4 is 15.4 Å². The van der Waals surface area contributed by atoms with Gasteiger partial charge >= 0.3 is 0 Å². The molecule has 0 bridgehead atoms. The smallest absolute Gasteiger partial charge is 0.252 e. The summed E-state index contributed by atoms with van der Waals surface area (Å²) in [4.78, 5) is 25.8. The van der Waals surface area contributed by atoms with E-state index in [4.69, 9.17) is 0 Å². The highest BCUT2D eigenvalue weighted by Gasteiger charge is 2.15. The van der Waals surface area contributed by atoms with Crippen molar-refractivity contribution in [2.45, 2.75) is 23.6 Å². The van der Waals surface area contributed by atoms with Crippen LogP contribution in [0.4, 0.5) is 5.69 Å². The molecule has 0 fully saturated rings. The van der Waals surface area contributed by atoms with Gasteiger partial charge in [-0.15, -0.1) is 11.8 Å². The predicted molar refractivity (Wildman–Crippen MR) is 136 cm³/mol. The summed E-state index contributed by atoms with van der Waals surface area (Å²) in [5, 5.41) is 5.56. The minimum Gasteiger partial charge on any atom is -0.351 e. The third kappa shape index (κ3) is 7.44. The van der Waals surface area contributed by atoms with E-state index in [1.807, 2.05) is 38.1 Å². The minimum atomic E-state index is -3.64. The molecule has 0 saturated carbocycles. The maximum absolute atomic E-state index is 12.7. The highest BCUT2D eigenvalue weighted by molar-refractivity contribution is 8.00. The molecule has 0 spiro atoms. The first-order chi connectivity index (χ1) is 16.2. The fraction of sp³-hybridized carbons (Fsp3) is 0.200. The number of carbonyl (C=O) groups excluding carboxylic acids is 2. The first-order valence-electron chi connectivity index (χ1n) is 10.7. The molecule has 7 nitrogen and oxygen atoms in total. The van der Waals surface area contributed by atoms with Crippen molar-refractivity contribution >= 4 is 39.3 Å². The summed E-state index contributed by atoms with van der Waals surface area (Å²) in [5.41, 5.74) is 3.22. The lowest BCUT2D eigenvalue weighted by Gasteiger charge is -2.11. The fourth-order valence-electron chi connectivity index (χ4n) is 3.01. The average Bonchev–Trinajstić information content (AvgIpc) is 2.82. The summed E-state index contributed by atoms with van der Waals surface area (Å²) in [6, 6.07) is 21.0. The van der Waals surface area contributed by atoms with Crippen molar-refractivity contribution in [3.63, 3.8) is 0 Å². The molecular formula is C25H27N3O4S2. The number of carbonyl (C=O) groups is 2. The van der Waals surface area contributed by atoms with Crippen LogP contribution in [0.2, 0.25) is 0 Å². The number of benzene rings is 3. The largest absolute Gasteiger partial charge is 0.351 e. The Morgan fingerprint density at radius 3 is 2.12 bits per heavy atom. The molecular weight excluding hydrogens is 470 g/mol. The van der Waals surface area contributed by atoms with Gasteiger partial charge in [0.05, 0.1) is 16.2 Å². The molecule has 3 aromatic rings. The van der Waals surface area contributed by atoms with Gasteiger partial charge in [0.15, 0.2) is 0 Å². The van der Waals surface area contributed by atoms with Gasteiger partial charge in [-0.1, -0.05) is 47.5 Å². The van der Waals surface area contributed by atoms with Gasteiger partial charge < -0.3 is 10.6 Å². The lowest BCUT2D eigenvalue weighted by atomic mass is 10.2. The quantitative estimate of drug-likeness (QED) is 0.292. The molecule has 3 N–H and O–H groups in total. The van der Waals surface area contributed by atoms with Crippen LogP contribution in [-0.4, -0.2) is 39.1 Å². The molecule has 0 aliphatic carbocycles. The van der Waals surface area contributed by atoms with Crippen molar-refractivity contribution in [1.82, 2.24) is 10.0 Å². The second-order valence-electron chi connectivity index (χ2n) is 7.67. The molecule has 34 heavy (non-hydrogen) atoms. The van der Waals surface area contributed by atoms with E-state index >= 15 is 0 Å². The van der Waals surface area contributed by atoms with Crippen molar-refractivity contribution in [2.75, 3.05) is 24.2 Å². The van der Waals surface area contributed by atoms with E-state index in [9.17, 15) is 18.0 Å².